The minimum atomic E-state index is 1.22. The number of rotatable bonds is 6. The lowest BCUT2D eigenvalue weighted by atomic mass is 9.91. The molecule has 0 unspecified atom stereocenters. The fourth-order valence-electron chi connectivity index (χ4n) is 2.22. The topological polar surface area (TPSA) is 0 Å². The molecule has 0 aromatic rings. The van der Waals surface area contributed by atoms with Gasteiger partial charge in [0.15, 0.2) is 0 Å². The van der Waals surface area contributed by atoms with Crippen LogP contribution in [-0.2, 0) is 0 Å². The second kappa shape index (κ2) is 7.16. The highest BCUT2D eigenvalue weighted by atomic mass is 32.2. The van der Waals surface area contributed by atoms with Crippen LogP contribution in [0.3, 0.4) is 0 Å². The van der Waals surface area contributed by atoms with E-state index >= 15 is 0 Å². The monoisotopic (exact) mass is 224 g/mol. The first-order chi connectivity index (χ1) is 7.29. The van der Waals surface area contributed by atoms with Gasteiger partial charge in [0, 0.05) is 0 Å². The van der Waals surface area contributed by atoms with Crippen LogP contribution in [0.25, 0.3) is 0 Å². The summed E-state index contributed by atoms with van der Waals surface area (Å²) in [6.45, 7) is 6.54. The third kappa shape index (κ3) is 4.06. The molecular formula is C14H24S. The van der Waals surface area contributed by atoms with E-state index < -0.39 is 0 Å². The largest absolute Gasteiger partial charge is 0.134 e. The van der Waals surface area contributed by atoms with Crippen molar-refractivity contribution in [1.29, 1.82) is 0 Å². The van der Waals surface area contributed by atoms with Gasteiger partial charge >= 0.3 is 0 Å². The quantitative estimate of drug-likeness (QED) is 0.551. The first kappa shape index (κ1) is 12.9. The van der Waals surface area contributed by atoms with Gasteiger partial charge in [0.2, 0.25) is 0 Å². The molecule has 1 heteroatoms. The fourth-order valence-corrected chi connectivity index (χ4v) is 3.06. The van der Waals surface area contributed by atoms with E-state index in [1.165, 1.54) is 56.9 Å². The molecular weight excluding hydrogens is 200 g/mol. The zero-order chi connectivity index (χ0) is 11.1. The molecule has 0 spiro atoms. The minimum Gasteiger partial charge on any atom is -0.134 e. The highest BCUT2D eigenvalue weighted by molar-refractivity contribution is 8.02. The predicted octanol–water partition coefficient (Wildman–Crippen LogP) is 5.31. The molecule has 0 aromatic heterocycles. The molecule has 0 aliphatic heterocycles. The molecule has 1 aliphatic rings. The second-order valence-electron chi connectivity index (χ2n) is 4.37. The molecule has 1 aliphatic carbocycles. The molecule has 86 valence electrons. The lowest BCUT2D eigenvalue weighted by Crippen LogP contribution is -2.00. The Bertz CT molecular complexity index is 238. The Hall–Kier alpha value is -0.170. The Labute approximate surface area is 99.2 Å². The first-order valence-electron chi connectivity index (χ1n) is 6.23. The summed E-state index contributed by atoms with van der Waals surface area (Å²) in [5.74, 6) is 0. The Balaban J connectivity index is 2.51. The van der Waals surface area contributed by atoms with Gasteiger partial charge in [-0.2, -0.15) is 0 Å². The van der Waals surface area contributed by atoms with Gasteiger partial charge in [0.1, 0.15) is 0 Å². The molecule has 0 amide bonds. The van der Waals surface area contributed by atoms with Crippen molar-refractivity contribution in [1.82, 2.24) is 0 Å². The fraction of sp³-hybridized carbons (Fsp3) is 0.714. The smallest absolute Gasteiger partial charge is 0.0120 e. The predicted molar refractivity (Wildman–Crippen MR) is 72.3 cm³/mol. The minimum absolute atomic E-state index is 1.22. The maximum absolute atomic E-state index is 4.28. The maximum atomic E-state index is 4.28. The van der Waals surface area contributed by atoms with Gasteiger partial charge in [-0.25, -0.2) is 0 Å². The van der Waals surface area contributed by atoms with Gasteiger partial charge in [-0.15, -0.1) is 11.8 Å². The van der Waals surface area contributed by atoms with E-state index in [1.807, 2.05) is 11.8 Å². The molecule has 0 heterocycles. The Morgan fingerprint density at radius 2 is 2.00 bits per heavy atom. The molecule has 0 aromatic carbocycles. The van der Waals surface area contributed by atoms with Gasteiger partial charge in [-0.3, -0.25) is 0 Å². The summed E-state index contributed by atoms with van der Waals surface area (Å²) in [5, 5.41) is 0. The number of unbranched alkanes of at least 4 members (excludes halogenated alkanes) is 2. The van der Waals surface area contributed by atoms with E-state index in [9.17, 15) is 0 Å². The van der Waals surface area contributed by atoms with Crippen molar-refractivity contribution in [3.8, 4) is 0 Å². The standard InChI is InChI=1S/C14H24S/c1-4-5-6-9-12(2)13-10-7-8-11-14(13)15-3/h2,4-11H2,1,3H3. The van der Waals surface area contributed by atoms with Gasteiger partial charge in [-0.1, -0.05) is 31.9 Å². The third-order valence-electron chi connectivity index (χ3n) is 3.17. The third-order valence-corrected chi connectivity index (χ3v) is 4.12. The van der Waals surface area contributed by atoms with Gasteiger partial charge in [0.05, 0.1) is 0 Å². The molecule has 0 atom stereocenters. The summed E-state index contributed by atoms with van der Waals surface area (Å²) in [7, 11) is 0. The van der Waals surface area contributed by atoms with Crippen molar-refractivity contribution in [3.63, 3.8) is 0 Å². The van der Waals surface area contributed by atoms with Crippen LogP contribution in [0.15, 0.2) is 22.6 Å². The van der Waals surface area contributed by atoms with Crippen LogP contribution in [0.5, 0.6) is 0 Å². The Kier molecular flexibility index (Phi) is 6.16. The summed E-state index contributed by atoms with van der Waals surface area (Å²) < 4.78 is 0. The van der Waals surface area contributed by atoms with Crippen LogP contribution in [0.4, 0.5) is 0 Å². The average Bonchev–Trinajstić information content (AvgIpc) is 2.29. The van der Waals surface area contributed by atoms with Crippen molar-refractivity contribution in [3.05, 3.63) is 22.6 Å². The molecule has 0 bridgehead atoms. The van der Waals surface area contributed by atoms with Gasteiger partial charge < -0.3 is 0 Å². The first-order valence-corrected chi connectivity index (χ1v) is 7.46. The summed E-state index contributed by atoms with van der Waals surface area (Å²) in [5.41, 5.74) is 3.03. The van der Waals surface area contributed by atoms with Gasteiger partial charge in [-0.05, 0) is 55.3 Å². The molecule has 1 rings (SSSR count). The van der Waals surface area contributed by atoms with Crippen LogP contribution in [0, 0.1) is 0 Å². The van der Waals surface area contributed by atoms with Crippen LogP contribution in [0.2, 0.25) is 0 Å². The van der Waals surface area contributed by atoms with E-state index in [1.54, 1.807) is 10.5 Å². The van der Waals surface area contributed by atoms with E-state index in [0.717, 1.165) is 0 Å². The summed E-state index contributed by atoms with van der Waals surface area (Å²) in [6, 6.07) is 0. The van der Waals surface area contributed by atoms with Crippen molar-refractivity contribution in [2.75, 3.05) is 6.26 Å². The maximum Gasteiger partial charge on any atom is -0.0120 e. The SMILES string of the molecule is C=C(CCCCC)C1=C(SC)CCCC1. The van der Waals surface area contributed by atoms with Crippen molar-refractivity contribution in [2.24, 2.45) is 0 Å². The zero-order valence-electron chi connectivity index (χ0n) is 10.3. The van der Waals surface area contributed by atoms with Crippen LogP contribution >= 0.6 is 11.8 Å². The molecule has 0 N–H and O–H groups in total. The van der Waals surface area contributed by atoms with E-state index in [2.05, 4.69) is 19.8 Å². The van der Waals surface area contributed by atoms with Crippen molar-refractivity contribution >= 4 is 11.8 Å². The van der Waals surface area contributed by atoms with Crippen molar-refractivity contribution < 1.29 is 0 Å². The normalized spacial score (nSPS) is 16.9. The van der Waals surface area contributed by atoms with E-state index in [0.29, 0.717) is 0 Å². The average molecular weight is 224 g/mol. The highest BCUT2D eigenvalue weighted by Gasteiger charge is 2.13. The zero-order valence-corrected chi connectivity index (χ0v) is 11.1. The number of hydrogen-bond donors (Lipinski definition) is 0. The number of allylic oxidation sites excluding steroid dienone is 3. The van der Waals surface area contributed by atoms with Crippen LogP contribution < -0.4 is 0 Å². The lowest BCUT2D eigenvalue weighted by molar-refractivity contribution is 0.674. The van der Waals surface area contributed by atoms with E-state index in [-0.39, 0.29) is 0 Å². The lowest BCUT2D eigenvalue weighted by Gasteiger charge is -2.20. The summed E-state index contributed by atoms with van der Waals surface area (Å²) in [4.78, 5) is 1.61. The second-order valence-corrected chi connectivity index (χ2v) is 5.27. The summed E-state index contributed by atoms with van der Waals surface area (Å²) >= 11 is 1.94. The van der Waals surface area contributed by atoms with Crippen LogP contribution in [0.1, 0.15) is 58.3 Å². The molecule has 0 fully saturated rings. The Morgan fingerprint density at radius 3 is 2.67 bits per heavy atom. The highest BCUT2D eigenvalue weighted by Crippen LogP contribution is 2.36. The number of hydrogen-bond acceptors (Lipinski definition) is 1. The summed E-state index contributed by atoms with van der Waals surface area (Å²) in [6.07, 6.45) is 12.7. The van der Waals surface area contributed by atoms with Crippen molar-refractivity contribution in [2.45, 2.75) is 58.3 Å². The molecule has 0 radical (unpaired) electrons. The van der Waals surface area contributed by atoms with Crippen LogP contribution in [-0.4, -0.2) is 6.26 Å². The molecule has 0 nitrogen and oxygen atoms in total. The molecule has 0 saturated carbocycles. The molecule has 15 heavy (non-hydrogen) atoms. The Morgan fingerprint density at radius 1 is 1.27 bits per heavy atom. The van der Waals surface area contributed by atoms with Gasteiger partial charge in [0.25, 0.3) is 0 Å². The van der Waals surface area contributed by atoms with E-state index in [4.69, 9.17) is 0 Å². The number of thioether (sulfide) groups is 1. The molecule has 0 saturated heterocycles.